The van der Waals surface area contributed by atoms with Gasteiger partial charge in [-0.15, -0.1) is 0 Å². The molecule has 0 fully saturated rings. The van der Waals surface area contributed by atoms with E-state index < -0.39 is 22.8 Å². The van der Waals surface area contributed by atoms with Crippen molar-refractivity contribution in [1.29, 1.82) is 0 Å². The molecule has 2 rings (SSSR count). The number of amidine groups is 1. The van der Waals surface area contributed by atoms with Crippen LogP contribution in [0.5, 0.6) is 11.5 Å². The van der Waals surface area contributed by atoms with E-state index in [1.54, 1.807) is 24.3 Å². The Hall–Kier alpha value is -3.23. The topological polar surface area (TPSA) is 120 Å². The Kier molecular flexibility index (Phi) is 6.05. The highest BCUT2D eigenvalue weighted by molar-refractivity contribution is 6.21. The minimum atomic E-state index is -2.00. The molecule has 0 bridgehead atoms. The van der Waals surface area contributed by atoms with E-state index in [0.29, 0.717) is 23.7 Å². The number of nitrogens with zero attached hydrogens (tertiary/aromatic N) is 2. The highest BCUT2D eigenvalue weighted by atomic mass is 16.6. The van der Waals surface area contributed by atoms with Crippen LogP contribution >= 0.6 is 0 Å². The fourth-order valence-electron chi connectivity index (χ4n) is 2.20. The Morgan fingerprint density at radius 1 is 1.31 bits per heavy atom. The predicted molar refractivity (Wildman–Crippen MR) is 93.8 cm³/mol. The first-order chi connectivity index (χ1) is 12.3. The molecule has 0 aromatic heterocycles. The minimum Gasteiger partial charge on any atom is -0.490 e. The zero-order valence-electron chi connectivity index (χ0n) is 14.6. The van der Waals surface area contributed by atoms with E-state index in [9.17, 15) is 19.7 Å². The van der Waals surface area contributed by atoms with E-state index >= 15 is 0 Å². The Balaban J connectivity index is 2.21. The summed E-state index contributed by atoms with van der Waals surface area (Å²) in [5, 5.41) is 12.9. The molecule has 1 unspecified atom stereocenters. The van der Waals surface area contributed by atoms with Gasteiger partial charge in [-0.2, -0.15) is 4.99 Å². The van der Waals surface area contributed by atoms with Gasteiger partial charge in [0.2, 0.25) is 0 Å². The number of rotatable bonds is 7. The van der Waals surface area contributed by atoms with E-state index in [0.717, 1.165) is 0 Å². The molecule has 1 aliphatic rings. The van der Waals surface area contributed by atoms with Gasteiger partial charge < -0.3 is 14.8 Å². The predicted octanol–water partition coefficient (Wildman–Crippen LogP) is 1.59. The van der Waals surface area contributed by atoms with Crippen LogP contribution in [-0.4, -0.2) is 41.3 Å². The molecule has 1 aromatic carbocycles. The van der Waals surface area contributed by atoms with Crippen molar-refractivity contribution in [3.63, 3.8) is 0 Å². The highest BCUT2D eigenvalue weighted by Gasteiger charge is 2.41. The van der Waals surface area contributed by atoms with E-state index in [4.69, 9.17) is 9.47 Å². The van der Waals surface area contributed by atoms with Crippen LogP contribution in [0.3, 0.4) is 0 Å². The van der Waals surface area contributed by atoms with Gasteiger partial charge in [0.1, 0.15) is 5.84 Å². The summed E-state index contributed by atoms with van der Waals surface area (Å²) in [7, 11) is 0. The van der Waals surface area contributed by atoms with Gasteiger partial charge in [-0.05, 0) is 44.5 Å². The average molecular weight is 361 g/mol. The Bertz CT molecular complexity index is 785. The summed E-state index contributed by atoms with van der Waals surface area (Å²) in [4.78, 5) is 36.5. The number of nitro groups is 1. The van der Waals surface area contributed by atoms with Crippen molar-refractivity contribution < 1.29 is 24.0 Å². The average Bonchev–Trinajstić information content (AvgIpc) is 2.54. The quantitative estimate of drug-likeness (QED) is 0.447. The fraction of sp³-hybridized carbons (Fsp3) is 0.353. The van der Waals surface area contributed by atoms with Crippen molar-refractivity contribution in [2.75, 3.05) is 6.61 Å². The molecule has 26 heavy (non-hydrogen) atoms. The number of hydrogen-bond acceptors (Lipinski definition) is 6. The van der Waals surface area contributed by atoms with Crippen LogP contribution in [0, 0.1) is 10.1 Å². The number of carbonyl (C=O) groups is 2. The van der Waals surface area contributed by atoms with Gasteiger partial charge in [0.05, 0.1) is 12.7 Å². The molecule has 1 N–H and O–H groups in total. The maximum absolute atomic E-state index is 11.6. The van der Waals surface area contributed by atoms with E-state index in [1.165, 1.54) is 6.08 Å². The first-order valence-electron chi connectivity index (χ1n) is 8.00. The summed E-state index contributed by atoms with van der Waals surface area (Å²) >= 11 is 0. The third kappa shape index (κ3) is 4.65. The number of carbonyl (C=O) groups excluding carboxylic acids is 2. The lowest BCUT2D eigenvalue weighted by Crippen LogP contribution is -2.50. The summed E-state index contributed by atoms with van der Waals surface area (Å²) in [6.45, 7) is 6.12. The van der Waals surface area contributed by atoms with Crippen molar-refractivity contribution in [2.45, 2.75) is 32.9 Å². The molecule has 0 spiro atoms. The molecule has 9 heteroatoms. The van der Waals surface area contributed by atoms with Crippen molar-refractivity contribution in [3.05, 3.63) is 40.0 Å². The van der Waals surface area contributed by atoms with Gasteiger partial charge in [-0.1, -0.05) is 12.1 Å². The largest absolute Gasteiger partial charge is 0.490 e. The molecule has 1 heterocycles. The maximum atomic E-state index is 11.6. The lowest BCUT2D eigenvalue weighted by atomic mass is 10.1. The number of hydrogen-bond donors (Lipinski definition) is 1. The maximum Gasteiger partial charge on any atom is 0.368 e. The number of aliphatic imine (C=N–C) groups is 1. The molecule has 1 atom stereocenters. The summed E-state index contributed by atoms with van der Waals surface area (Å²) in [6.07, 6.45) is 2.98. The second-order valence-electron chi connectivity index (χ2n) is 5.65. The molecular weight excluding hydrogens is 342 g/mol. The second-order valence-corrected chi connectivity index (χ2v) is 5.65. The monoisotopic (exact) mass is 361 g/mol. The van der Waals surface area contributed by atoms with Crippen LogP contribution in [0.15, 0.2) is 29.3 Å². The third-order valence-electron chi connectivity index (χ3n) is 3.24. The van der Waals surface area contributed by atoms with E-state index in [1.807, 2.05) is 20.8 Å². The second kappa shape index (κ2) is 8.24. The molecule has 9 nitrogen and oxygen atoms in total. The Morgan fingerprint density at radius 2 is 2.04 bits per heavy atom. The first-order valence-corrected chi connectivity index (χ1v) is 8.00. The van der Waals surface area contributed by atoms with Crippen molar-refractivity contribution >= 4 is 23.7 Å². The van der Waals surface area contributed by atoms with Crippen molar-refractivity contribution in [2.24, 2.45) is 4.99 Å². The zero-order chi connectivity index (χ0) is 19.3. The molecule has 0 saturated carbocycles. The van der Waals surface area contributed by atoms with Crippen LogP contribution < -0.4 is 14.8 Å². The normalized spacial score (nSPS) is 17.2. The molecule has 0 radical (unpaired) electrons. The summed E-state index contributed by atoms with van der Waals surface area (Å²) in [6, 6.07) is 3.26. The summed E-state index contributed by atoms with van der Waals surface area (Å²) in [5.41, 5.74) is 0.713. The zero-order valence-corrected chi connectivity index (χ0v) is 14.6. The van der Waals surface area contributed by atoms with Crippen LogP contribution in [0.2, 0.25) is 0 Å². The Morgan fingerprint density at radius 3 is 2.62 bits per heavy atom. The molecule has 138 valence electrons. The Labute approximate surface area is 149 Å². The van der Waals surface area contributed by atoms with Gasteiger partial charge >= 0.3 is 17.9 Å². The van der Waals surface area contributed by atoms with Crippen LogP contribution in [0.4, 0.5) is 0 Å². The fourth-order valence-corrected chi connectivity index (χ4v) is 2.20. The highest BCUT2D eigenvalue weighted by Crippen LogP contribution is 2.29. The van der Waals surface area contributed by atoms with E-state index in [-0.39, 0.29) is 11.9 Å². The first kappa shape index (κ1) is 19.1. The molecule has 1 aliphatic heterocycles. The van der Waals surface area contributed by atoms with Gasteiger partial charge in [-0.25, -0.2) is 0 Å². The van der Waals surface area contributed by atoms with Gasteiger partial charge in [0.15, 0.2) is 11.5 Å². The van der Waals surface area contributed by atoms with Gasteiger partial charge in [0, 0.05) is 4.92 Å². The number of nitrogens with one attached hydrogen (secondary N) is 1. The molecular formula is C17H19N3O6. The molecule has 1 aromatic rings. The van der Waals surface area contributed by atoms with Crippen LogP contribution in [0.1, 0.15) is 26.3 Å². The van der Waals surface area contributed by atoms with Crippen molar-refractivity contribution in [1.82, 2.24) is 5.32 Å². The number of ether oxygens (including phenoxy) is 2. The number of benzene rings is 1. The standard InChI is InChI=1S/C17H19N3O6/c1-4-25-13-9-11(5-7-12(13)26-10(2)3)6-8-14-18-16(21)15(20(23)24)17(22)19-14/h5-10,15H,4H2,1-3H3,(H,18,19,21,22)/b8-6+. The minimum absolute atomic E-state index is 0.0111. The third-order valence-corrected chi connectivity index (χ3v) is 3.24. The van der Waals surface area contributed by atoms with E-state index in [2.05, 4.69) is 10.3 Å². The van der Waals surface area contributed by atoms with Crippen molar-refractivity contribution in [3.8, 4) is 11.5 Å². The molecule has 2 amide bonds. The smallest absolute Gasteiger partial charge is 0.368 e. The van der Waals surface area contributed by atoms with Gasteiger partial charge in [-0.3, -0.25) is 19.7 Å². The lowest BCUT2D eigenvalue weighted by Gasteiger charge is -2.15. The van der Waals surface area contributed by atoms with Crippen LogP contribution in [-0.2, 0) is 9.59 Å². The van der Waals surface area contributed by atoms with Crippen LogP contribution in [0.25, 0.3) is 6.08 Å². The number of amides is 2. The molecule has 0 saturated heterocycles. The molecule has 0 aliphatic carbocycles. The summed E-state index contributed by atoms with van der Waals surface area (Å²) < 4.78 is 11.2. The van der Waals surface area contributed by atoms with Gasteiger partial charge in [0.25, 0.3) is 0 Å². The summed E-state index contributed by atoms with van der Waals surface area (Å²) in [5.74, 6) is -1.01. The SMILES string of the molecule is CCOc1cc(/C=C/C2=NC(=O)C([N+](=O)[O-])C(=O)N2)ccc1OC(C)C. The lowest BCUT2D eigenvalue weighted by molar-refractivity contribution is -0.493.